The Balaban J connectivity index is 0.00000196. The van der Waals surface area contributed by atoms with Gasteiger partial charge >= 0.3 is 0 Å². The van der Waals surface area contributed by atoms with Crippen molar-refractivity contribution in [2.45, 2.75) is 39.0 Å². The Morgan fingerprint density at radius 2 is 1.60 bits per heavy atom. The lowest BCUT2D eigenvalue weighted by atomic mass is 9.86. The first-order valence-corrected chi connectivity index (χ1v) is 5.33. The lowest BCUT2D eigenvalue weighted by Crippen LogP contribution is -3.00. The summed E-state index contributed by atoms with van der Waals surface area (Å²) in [5.41, 5.74) is 8.52. The molecule has 86 valence electrons. The molecule has 0 fully saturated rings. The third kappa shape index (κ3) is 4.67. The molecule has 1 nitrogen and oxygen atoms in total. The van der Waals surface area contributed by atoms with Gasteiger partial charge in [-0.2, -0.15) is 0 Å². The van der Waals surface area contributed by atoms with E-state index in [9.17, 15) is 0 Å². The summed E-state index contributed by atoms with van der Waals surface area (Å²) in [4.78, 5) is 0. The predicted octanol–water partition coefficient (Wildman–Crippen LogP) is -0.121. The van der Waals surface area contributed by atoms with Gasteiger partial charge in [-0.15, -0.1) is 0 Å². The Labute approximate surface area is 99.5 Å². The molecule has 2 heteroatoms. The number of hydrogen-bond donors (Lipinski definition) is 1. The van der Waals surface area contributed by atoms with E-state index in [1.54, 1.807) is 0 Å². The summed E-state index contributed by atoms with van der Waals surface area (Å²) in [6, 6.07) is 8.89. The van der Waals surface area contributed by atoms with Crippen LogP contribution in [0.4, 0.5) is 0 Å². The zero-order valence-corrected chi connectivity index (χ0v) is 10.6. The maximum Gasteiger partial charge on any atom is -0.00741 e. The van der Waals surface area contributed by atoms with Gasteiger partial charge in [-0.3, -0.25) is 0 Å². The minimum absolute atomic E-state index is 0. The Kier molecular flexibility index (Phi) is 5.92. The highest BCUT2D eigenvalue weighted by Crippen LogP contribution is 2.22. The highest BCUT2D eigenvalue weighted by Gasteiger charge is 2.12. The molecule has 1 rings (SSSR count). The van der Waals surface area contributed by atoms with Gasteiger partial charge in [-0.05, 0) is 35.9 Å². The quantitative estimate of drug-likeness (QED) is 0.764. The van der Waals surface area contributed by atoms with Gasteiger partial charge in [0.05, 0.1) is 0 Å². The lowest BCUT2D eigenvalue weighted by molar-refractivity contribution is -0.00000350. The molecule has 0 unspecified atom stereocenters. The number of benzene rings is 1. The second-order valence-electron chi connectivity index (χ2n) is 4.84. The molecular weight excluding hydrogens is 206 g/mol. The summed E-state index contributed by atoms with van der Waals surface area (Å²) in [5.74, 6) is 0. The van der Waals surface area contributed by atoms with E-state index in [0.29, 0.717) is 0 Å². The minimum Gasteiger partial charge on any atom is -1.00 e. The van der Waals surface area contributed by atoms with Crippen LogP contribution in [0, 0.1) is 0 Å². The first-order chi connectivity index (χ1) is 6.54. The van der Waals surface area contributed by atoms with E-state index in [1.807, 2.05) is 0 Å². The highest BCUT2D eigenvalue weighted by molar-refractivity contribution is 5.27. The molecule has 1 aromatic carbocycles. The minimum atomic E-state index is 0. The molecule has 0 saturated carbocycles. The Hall–Kier alpha value is -0.530. The fourth-order valence-corrected chi connectivity index (χ4v) is 1.48. The van der Waals surface area contributed by atoms with Crippen LogP contribution >= 0.6 is 0 Å². The number of aryl methyl sites for hydroxylation is 1. The van der Waals surface area contributed by atoms with Crippen molar-refractivity contribution in [2.24, 2.45) is 5.73 Å². The summed E-state index contributed by atoms with van der Waals surface area (Å²) in [6.07, 6.45) is 2.18. The monoisotopic (exact) mass is 226 g/mol. The van der Waals surface area contributed by atoms with Crippen LogP contribution in [-0.2, 0) is 11.8 Å². The van der Waals surface area contributed by atoms with Crippen molar-refractivity contribution in [3.05, 3.63) is 35.4 Å². The molecular formula is C13H21ClN-. The van der Waals surface area contributed by atoms with E-state index in [0.717, 1.165) is 19.4 Å². The average molecular weight is 227 g/mol. The molecule has 0 heterocycles. The highest BCUT2D eigenvalue weighted by atomic mass is 35.5. The van der Waals surface area contributed by atoms with Crippen molar-refractivity contribution in [2.75, 3.05) is 6.54 Å². The molecule has 0 radical (unpaired) electrons. The van der Waals surface area contributed by atoms with E-state index >= 15 is 0 Å². The number of rotatable bonds is 3. The predicted molar refractivity (Wildman–Crippen MR) is 62.5 cm³/mol. The Morgan fingerprint density at radius 1 is 1.07 bits per heavy atom. The smallest absolute Gasteiger partial charge is 0.00741 e. The fourth-order valence-electron chi connectivity index (χ4n) is 1.48. The topological polar surface area (TPSA) is 26.0 Å². The van der Waals surface area contributed by atoms with Crippen LogP contribution in [0.15, 0.2) is 24.3 Å². The maximum atomic E-state index is 5.48. The van der Waals surface area contributed by atoms with Crippen LogP contribution in [0.25, 0.3) is 0 Å². The molecule has 0 atom stereocenters. The SMILES string of the molecule is CC(C)(C)c1ccc(CCCN)cc1.[Cl-]. The molecule has 0 aromatic heterocycles. The van der Waals surface area contributed by atoms with Gasteiger partial charge in [0, 0.05) is 0 Å². The molecule has 0 aliphatic rings. The molecule has 0 aliphatic heterocycles. The number of nitrogens with two attached hydrogens (primary N) is 1. The summed E-state index contributed by atoms with van der Waals surface area (Å²) in [6.45, 7) is 7.49. The summed E-state index contributed by atoms with van der Waals surface area (Å²) in [7, 11) is 0. The van der Waals surface area contributed by atoms with Gasteiger partial charge in [0.25, 0.3) is 0 Å². The van der Waals surface area contributed by atoms with Crippen LogP contribution in [0.5, 0.6) is 0 Å². The van der Waals surface area contributed by atoms with E-state index in [1.165, 1.54) is 11.1 Å². The van der Waals surface area contributed by atoms with Crippen molar-refractivity contribution < 1.29 is 12.4 Å². The Bertz CT molecular complexity index is 272. The first kappa shape index (κ1) is 14.5. The van der Waals surface area contributed by atoms with Crippen LogP contribution in [0.3, 0.4) is 0 Å². The van der Waals surface area contributed by atoms with Crippen molar-refractivity contribution in [3.63, 3.8) is 0 Å². The molecule has 0 spiro atoms. The molecule has 0 aliphatic carbocycles. The molecule has 0 bridgehead atoms. The van der Waals surface area contributed by atoms with Gasteiger partial charge in [-0.25, -0.2) is 0 Å². The molecule has 15 heavy (non-hydrogen) atoms. The largest absolute Gasteiger partial charge is 1.00 e. The van der Waals surface area contributed by atoms with E-state index in [-0.39, 0.29) is 17.8 Å². The van der Waals surface area contributed by atoms with Crippen molar-refractivity contribution in [1.82, 2.24) is 0 Å². The Morgan fingerprint density at radius 3 is 2.00 bits per heavy atom. The summed E-state index contributed by atoms with van der Waals surface area (Å²) in [5, 5.41) is 0. The van der Waals surface area contributed by atoms with Crippen LogP contribution in [-0.4, -0.2) is 6.54 Å². The van der Waals surface area contributed by atoms with Crippen molar-refractivity contribution >= 4 is 0 Å². The normalized spacial score (nSPS) is 10.9. The summed E-state index contributed by atoms with van der Waals surface area (Å²) < 4.78 is 0. The number of hydrogen-bond acceptors (Lipinski definition) is 1. The van der Waals surface area contributed by atoms with Crippen LogP contribution in [0.1, 0.15) is 38.3 Å². The third-order valence-corrected chi connectivity index (χ3v) is 2.49. The van der Waals surface area contributed by atoms with Gasteiger partial charge in [0.15, 0.2) is 0 Å². The van der Waals surface area contributed by atoms with Crippen molar-refractivity contribution in [3.8, 4) is 0 Å². The maximum absolute atomic E-state index is 5.48. The van der Waals surface area contributed by atoms with E-state index in [2.05, 4.69) is 45.0 Å². The fraction of sp³-hybridized carbons (Fsp3) is 0.538. The second-order valence-corrected chi connectivity index (χ2v) is 4.84. The standard InChI is InChI=1S/C13H21N.ClH/c1-13(2,3)12-8-6-11(7-9-12)5-4-10-14;/h6-9H,4-5,10,14H2,1-3H3;1H/p-1. The number of halogens is 1. The van der Waals surface area contributed by atoms with Crippen LogP contribution in [0.2, 0.25) is 0 Å². The molecule has 0 saturated heterocycles. The van der Waals surface area contributed by atoms with Gasteiger partial charge in [0.1, 0.15) is 0 Å². The van der Waals surface area contributed by atoms with E-state index in [4.69, 9.17) is 5.73 Å². The average Bonchev–Trinajstić information content (AvgIpc) is 2.14. The zero-order chi connectivity index (χ0) is 10.6. The molecule has 1 aromatic rings. The van der Waals surface area contributed by atoms with Gasteiger partial charge in [0.2, 0.25) is 0 Å². The summed E-state index contributed by atoms with van der Waals surface area (Å²) >= 11 is 0. The molecule has 2 N–H and O–H groups in total. The molecule has 0 amide bonds. The lowest BCUT2D eigenvalue weighted by Gasteiger charge is -2.19. The zero-order valence-electron chi connectivity index (χ0n) is 9.89. The first-order valence-electron chi connectivity index (χ1n) is 5.33. The van der Waals surface area contributed by atoms with Gasteiger partial charge < -0.3 is 18.1 Å². The van der Waals surface area contributed by atoms with Crippen molar-refractivity contribution in [1.29, 1.82) is 0 Å². The third-order valence-electron chi connectivity index (χ3n) is 2.49. The van der Waals surface area contributed by atoms with Gasteiger partial charge in [-0.1, -0.05) is 45.0 Å². The second kappa shape index (κ2) is 6.14. The van der Waals surface area contributed by atoms with Crippen LogP contribution < -0.4 is 18.1 Å². The van der Waals surface area contributed by atoms with E-state index < -0.39 is 0 Å².